The van der Waals surface area contributed by atoms with Crippen molar-refractivity contribution in [3.05, 3.63) is 34.7 Å². The minimum absolute atomic E-state index is 0.259. The third kappa shape index (κ3) is 1.40. The molecule has 1 unspecified atom stereocenters. The summed E-state index contributed by atoms with van der Waals surface area (Å²) in [5.41, 5.74) is 5.04. The van der Waals surface area contributed by atoms with Crippen molar-refractivity contribution in [3.8, 4) is 0 Å². The second-order valence-corrected chi connectivity index (χ2v) is 3.35. The zero-order valence-electron chi connectivity index (χ0n) is 7.81. The molecule has 0 aliphatic heterocycles. The highest BCUT2D eigenvalue weighted by molar-refractivity contribution is 6.21. The number of primary amides is 1. The van der Waals surface area contributed by atoms with Gasteiger partial charge in [0.2, 0.25) is 5.91 Å². The molecule has 1 amide bonds. The van der Waals surface area contributed by atoms with Gasteiger partial charge in [-0.1, -0.05) is 24.3 Å². The van der Waals surface area contributed by atoms with Crippen LogP contribution in [0.4, 0.5) is 0 Å². The van der Waals surface area contributed by atoms with Gasteiger partial charge in [-0.15, -0.1) is 0 Å². The van der Waals surface area contributed by atoms with Crippen LogP contribution in [0.25, 0.3) is 11.8 Å². The van der Waals surface area contributed by atoms with Crippen LogP contribution >= 0.6 is 0 Å². The maximum atomic E-state index is 11.5. The van der Waals surface area contributed by atoms with Crippen LogP contribution in [0.1, 0.15) is 0 Å². The second-order valence-electron chi connectivity index (χ2n) is 3.35. The van der Waals surface area contributed by atoms with Crippen molar-refractivity contribution in [1.29, 1.82) is 0 Å². The summed E-state index contributed by atoms with van der Waals surface area (Å²) in [6, 6.07) is 6.81. The van der Waals surface area contributed by atoms with E-state index in [1.807, 2.05) is 0 Å². The Labute approximate surface area is 85.3 Å². The molecule has 15 heavy (non-hydrogen) atoms. The molecule has 0 fully saturated rings. The number of hydrogen-bond donors (Lipinski definition) is 2. The van der Waals surface area contributed by atoms with Gasteiger partial charge in [-0.2, -0.15) is 0 Å². The lowest BCUT2D eigenvalue weighted by molar-refractivity contribution is -0.127. The van der Waals surface area contributed by atoms with Gasteiger partial charge in [0.1, 0.15) is 5.76 Å². The molecule has 3 N–H and O–H groups in total. The van der Waals surface area contributed by atoms with E-state index in [9.17, 15) is 14.7 Å². The molecule has 0 bridgehead atoms. The van der Waals surface area contributed by atoms with Gasteiger partial charge in [0.05, 0.1) is 0 Å². The molecule has 0 saturated heterocycles. The van der Waals surface area contributed by atoms with Gasteiger partial charge in [-0.25, -0.2) is 0 Å². The van der Waals surface area contributed by atoms with Crippen LogP contribution in [0.3, 0.4) is 0 Å². The van der Waals surface area contributed by atoms with Crippen LogP contribution in [0, 0.1) is 5.92 Å². The normalized spacial score (nSPS) is 19.3. The van der Waals surface area contributed by atoms with E-state index in [2.05, 4.69) is 0 Å². The van der Waals surface area contributed by atoms with Gasteiger partial charge in [0.15, 0.2) is 11.7 Å². The molecule has 1 aromatic carbocycles. The highest BCUT2D eigenvalue weighted by atomic mass is 16.3. The number of fused-ring (bicyclic) bond motifs is 1. The molecule has 1 aliphatic carbocycles. The van der Waals surface area contributed by atoms with Gasteiger partial charge in [0.25, 0.3) is 0 Å². The van der Waals surface area contributed by atoms with E-state index in [1.54, 1.807) is 24.3 Å². The Kier molecular flexibility index (Phi) is 2.04. The van der Waals surface area contributed by atoms with Gasteiger partial charge >= 0.3 is 0 Å². The number of benzene rings is 1. The van der Waals surface area contributed by atoms with Crippen molar-refractivity contribution in [2.24, 2.45) is 11.7 Å². The number of Topliss-reactive ketones (excluding diaryl/α,β-unsaturated/α-hetero) is 1. The topological polar surface area (TPSA) is 80.4 Å². The summed E-state index contributed by atoms with van der Waals surface area (Å²) in [6.07, 6.45) is 1.32. The lowest BCUT2D eigenvalue weighted by atomic mass is 9.93. The summed E-state index contributed by atoms with van der Waals surface area (Å²) in [7, 11) is 0. The largest absolute Gasteiger partial charge is 0.510 e. The second kappa shape index (κ2) is 3.24. The number of aliphatic hydroxyl groups is 1. The average Bonchev–Trinajstić information content (AvgIpc) is 2.17. The van der Waals surface area contributed by atoms with Crippen LogP contribution in [-0.4, -0.2) is 16.8 Å². The maximum Gasteiger partial charge on any atom is 0.236 e. The smallest absolute Gasteiger partial charge is 0.236 e. The number of carbonyl (C=O) groups is 2. The molecule has 2 rings (SSSR count). The first kappa shape index (κ1) is 9.45. The van der Waals surface area contributed by atoms with E-state index in [0.29, 0.717) is 10.4 Å². The first-order valence-electron chi connectivity index (χ1n) is 4.44. The number of nitrogens with two attached hydrogens (primary N) is 1. The van der Waals surface area contributed by atoms with Crippen molar-refractivity contribution in [2.45, 2.75) is 0 Å². The summed E-state index contributed by atoms with van der Waals surface area (Å²) in [4.78, 5) is 22.5. The molecule has 1 aromatic rings. The van der Waals surface area contributed by atoms with Crippen LogP contribution in [-0.2, 0) is 9.59 Å². The standard InChI is InChI=1S/C11H9NO3/c12-11(15)9-8(13)5-6-3-1-2-4-7(6)10(9)14/h1-5,9,14H,(H2,12,15). The summed E-state index contributed by atoms with van der Waals surface area (Å²) >= 11 is 0. The summed E-state index contributed by atoms with van der Waals surface area (Å²) in [6.45, 7) is 0. The highest BCUT2D eigenvalue weighted by Gasteiger charge is 2.29. The molecule has 1 atom stereocenters. The third-order valence-corrected chi connectivity index (χ3v) is 2.38. The van der Waals surface area contributed by atoms with Gasteiger partial charge in [0, 0.05) is 5.22 Å². The lowest BCUT2D eigenvalue weighted by Crippen LogP contribution is -2.42. The van der Waals surface area contributed by atoms with Crippen LogP contribution < -0.4 is 16.2 Å². The van der Waals surface area contributed by atoms with Crippen molar-refractivity contribution < 1.29 is 14.7 Å². The van der Waals surface area contributed by atoms with Crippen molar-refractivity contribution in [2.75, 3.05) is 0 Å². The molecular weight excluding hydrogens is 194 g/mol. The highest BCUT2D eigenvalue weighted by Crippen LogP contribution is 2.11. The van der Waals surface area contributed by atoms with Crippen LogP contribution in [0.15, 0.2) is 24.3 Å². The SMILES string of the molecule is NC(=O)C1C(=O)C=c2ccccc2=C1O. The fraction of sp³-hybridized carbons (Fsp3) is 0.0909. The van der Waals surface area contributed by atoms with E-state index in [1.165, 1.54) is 6.08 Å². The minimum Gasteiger partial charge on any atom is -0.510 e. The van der Waals surface area contributed by atoms with E-state index in [-0.39, 0.29) is 5.76 Å². The summed E-state index contributed by atoms with van der Waals surface area (Å²) in [5, 5.41) is 10.8. The molecule has 1 aliphatic rings. The van der Waals surface area contributed by atoms with Crippen LogP contribution in [0.2, 0.25) is 0 Å². The third-order valence-electron chi connectivity index (χ3n) is 2.38. The number of carbonyl (C=O) groups excluding carboxylic acids is 2. The Bertz CT molecular complexity index is 559. The van der Waals surface area contributed by atoms with E-state index in [4.69, 9.17) is 5.73 Å². The monoisotopic (exact) mass is 203 g/mol. The number of ketones is 1. The maximum absolute atomic E-state index is 11.5. The summed E-state index contributed by atoms with van der Waals surface area (Å²) < 4.78 is 0. The molecule has 0 saturated carbocycles. The van der Waals surface area contributed by atoms with E-state index < -0.39 is 17.6 Å². The Morgan fingerprint density at radius 1 is 1.33 bits per heavy atom. The predicted octanol–water partition coefficient (Wildman–Crippen LogP) is -1.18. The molecule has 0 radical (unpaired) electrons. The Hall–Kier alpha value is -2.10. The van der Waals surface area contributed by atoms with E-state index in [0.717, 1.165) is 0 Å². The fourth-order valence-corrected chi connectivity index (χ4v) is 1.66. The first-order chi connectivity index (χ1) is 7.11. The number of aliphatic hydroxyl groups excluding tert-OH is 1. The number of amides is 1. The molecular formula is C11H9NO3. The van der Waals surface area contributed by atoms with Crippen LogP contribution in [0.5, 0.6) is 0 Å². The Morgan fingerprint density at radius 2 is 2.00 bits per heavy atom. The van der Waals surface area contributed by atoms with Gasteiger partial charge < -0.3 is 10.8 Å². The fourth-order valence-electron chi connectivity index (χ4n) is 1.66. The van der Waals surface area contributed by atoms with Gasteiger partial charge in [-0.05, 0) is 11.3 Å². The molecule has 0 heterocycles. The Morgan fingerprint density at radius 3 is 2.67 bits per heavy atom. The van der Waals surface area contributed by atoms with Gasteiger partial charge in [-0.3, -0.25) is 9.59 Å². The van der Waals surface area contributed by atoms with Crippen molar-refractivity contribution in [1.82, 2.24) is 0 Å². The quantitative estimate of drug-likeness (QED) is 0.563. The number of hydrogen-bond acceptors (Lipinski definition) is 3. The Balaban J connectivity index is 2.80. The van der Waals surface area contributed by atoms with Crippen molar-refractivity contribution >= 4 is 23.5 Å². The number of rotatable bonds is 1. The average molecular weight is 203 g/mol. The lowest BCUT2D eigenvalue weighted by Gasteiger charge is -2.13. The zero-order valence-corrected chi connectivity index (χ0v) is 7.81. The molecule has 0 aromatic heterocycles. The van der Waals surface area contributed by atoms with E-state index >= 15 is 0 Å². The zero-order chi connectivity index (χ0) is 11.0. The predicted molar refractivity (Wildman–Crippen MR) is 53.9 cm³/mol. The summed E-state index contributed by atoms with van der Waals surface area (Å²) in [5.74, 6) is -2.80. The van der Waals surface area contributed by atoms with Crippen molar-refractivity contribution in [3.63, 3.8) is 0 Å². The molecule has 4 nitrogen and oxygen atoms in total. The molecule has 4 heteroatoms. The molecule has 0 spiro atoms. The minimum atomic E-state index is -1.24. The first-order valence-corrected chi connectivity index (χ1v) is 4.44. The molecule has 76 valence electrons.